The Bertz CT molecular complexity index is 560. The highest BCUT2D eigenvalue weighted by atomic mass is 79.9. The van der Waals surface area contributed by atoms with Gasteiger partial charge in [0.25, 0.3) is 0 Å². The number of rotatable bonds is 4. The number of carbonyl (C=O) groups is 2. The summed E-state index contributed by atoms with van der Waals surface area (Å²) in [7, 11) is 0. The van der Waals surface area contributed by atoms with Crippen molar-refractivity contribution in [1.29, 1.82) is 0 Å². The summed E-state index contributed by atoms with van der Waals surface area (Å²) in [5, 5.41) is 15.1. The van der Waals surface area contributed by atoms with Crippen LogP contribution < -0.4 is 10.6 Å². The number of nitrogens with zero attached hydrogens (tertiary/aromatic N) is 1. The maximum Gasteiger partial charge on any atom is 0.337 e. The number of nitrogens with one attached hydrogen (secondary N) is 2. The third kappa shape index (κ3) is 4.50. The maximum absolute atomic E-state index is 12.1. The molecule has 0 saturated carbocycles. The summed E-state index contributed by atoms with van der Waals surface area (Å²) < 4.78 is 1.16. The average Bonchev–Trinajstić information content (AvgIpc) is 2.42. The number of carboxylic acids is 1. The lowest BCUT2D eigenvalue weighted by molar-refractivity contribution is -0.117. The third-order valence-corrected chi connectivity index (χ3v) is 4.21. The van der Waals surface area contributed by atoms with Crippen LogP contribution >= 0.6 is 31.9 Å². The predicted octanol–water partition coefficient (Wildman–Crippen LogP) is 1.75. The van der Waals surface area contributed by atoms with Gasteiger partial charge in [-0.25, -0.2) is 4.79 Å². The minimum Gasteiger partial charge on any atom is -0.478 e. The second kappa shape index (κ2) is 7.35. The fourth-order valence-corrected chi connectivity index (χ4v) is 3.44. The SMILES string of the molecule is O=C(CN1CCNCC1)Nc1c(Br)cc(Br)cc1C(=O)O. The van der Waals surface area contributed by atoms with E-state index < -0.39 is 5.97 Å². The number of piperazine rings is 1. The second-order valence-corrected chi connectivity index (χ2v) is 6.46. The molecule has 1 amide bonds. The van der Waals surface area contributed by atoms with Gasteiger partial charge in [0.05, 0.1) is 17.8 Å². The Balaban J connectivity index is 2.11. The van der Waals surface area contributed by atoms with E-state index in [9.17, 15) is 14.7 Å². The first kappa shape index (κ1) is 16.4. The summed E-state index contributed by atoms with van der Waals surface area (Å²) in [5.74, 6) is -1.31. The van der Waals surface area contributed by atoms with Gasteiger partial charge < -0.3 is 15.7 Å². The normalized spacial score (nSPS) is 15.7. The van der Waals surface area contributed by atoms with Gasteiger partial charge in [-0.05, 0) is 28.1 Å². The molecule has 3 N–H and O–H groups in total. The molecular formula is C13H15Br2N3O3. The molecule has 0 spiro atoms. The number of anilines is 1. The summed E-state index contributed by atoms with van der Waals surface area (Å²) in [4.78, 5) is 25.4. The summed E-state index contributed by atoms with van der Waals surface area (Å²) in [6.07, 6.45) is 0. The van der Waals surface area contributed by atoms with Gasteiger partial charge in [-0.3, -0.25) is 9.69 Å². The summed E-state index contributed by atoms with van der Waals surface area (Å²) in [6, 6.07) is 3.17. The van der Waals surface area contributed by atoms with Gasteiger partial charge in [0, 0.05) is 35.1 Å². The number of hydrogen-bond acceptors (Lipinski definition) is 4. The summed E-state index contributed by atoms with van der Waals surface area (Å²) >= 11 is 6.53. The minimum atomic E-state index is -1.09. The zero-order valence-electron chi connectivity index (χ0n) is 11.2. The maximum atomic E-state index is 12.1. The molecule has 2 rings (SSSR count). The molecule has 1 fully saturated rings. The highest BCUT2D eigenvalue weighted by Gasteiger charge is 2.19. The van der Waals surface area contributed by atoms with E-state index >= 15 is 0 Å². The Kier molecular flexibility index (Phi) is 5.74. The molecule has 1 heterocycles. The van der Waals surface area contributed by atoms with Gasteiger partial charge in [0.2, 0.25) is 5.91 Å². The van der Waals surface area contributed by atoms with E-state index in [1.54, 1.807) is 6.07 Å². The van der Waals surface area contributed by atoms with Crippen LogP contribution in [0.25, 0.3) is 0 Å². The Hall–Kier alpha value is -0.960. The van der Waals surface area contributed by atoms with E-state index in [4.69, 9.17) is 0 Å². The van der Waals surface area contributed by atoms with Crippen LogP contribution in [0.3, 0.4) is 0 Å². The van der Waals surface area contributed by atoms with Crippen molar-refractivity contribution in [2.45, 2.75) is 0 Å². The first-order valence-corrected chi connectivity index (χ1v) is 8.01. The van der Waals surface area contributed by atoms with Crippen molar-refractivity contribution < 1.29 is 14.7 Å². The van der Waals surface area contributed by atoms with Crippen LogP contribution in [0.15, 0.2) is 21.1 Å². The van der Waals surface area contributed by atoms with Crippen molar-refractivity contribution in [3.05, 3.63) is 26.6 Å². The molecule has 0 atom stereocenters. The van der Waals surface area contributed by atoms with E-state index in [1.165, 1.54) is 6.07 Å². The largest absolute Gasteiger partial charge is 0.478 e. The van der Waals surface area contributed by atoms with Crippen molar-refractivity contribution in [3.63, 3.8) is 0 Å². The van der Waals surface area contributed by atoms with E-state index in [0.29, 0.717) is 8.95 Å². The number of hydrogen-bond donors (Lipinski definition) is 3. The molecule has 21 heavy (non-hydrogen) atoms. The fraction of sp³-hybridized carbons (Fsp3) is 0.385. The summed E-state index contributed by atoms with van der Waals surface area (Å²) in [5.41, 5.74) is 0.329. The minimum absolute atomic E-state index is 0.0462. The Labute approximate surface area is 139 Å². The van der Waals surface area contributed by atoms with E-state index in [2.05, 4.69) is 42.5 Å². The second-order valence-electron chi connectivity index (χ2n) is 4.69. The Morgan fingerprint density at radius 1 is 1.29 bits per heavy atom. The molecule has 1 aliphatic heterocycles. The lowest BCUT2D eigenvalue weighted by atomic mass is 10.2. The Morgan fingerprint density at radius 3 is 2.57 bits per heavy atom. The number of benzene rings is 1. The van der Waals surface area contributed by atoms with Crippen LogP contribution in [0.2, 0.25) is 0 Å². The number of halogens is 2. The number of amides is 1. The van der Waals surface area contributed by atoms with Crippen molar-refractivity contribution >= 4 is 49.4 Å². The zero-order valence-corrected chi connectivity index (χ0v) is 14.3. The van der Waals surface area contributed by atoms with Crippen molar-refractivity contribution in [2.24, 2.45) is 0 Å². The van der Waals surface area contributed by atoms with Crippen LogP contribution in [-0.2, 0) is 4.79 Å². The van der Waals surface area contributed by atoms with Gasteiger partial charge >= 0.3 is 5.97 Å². The molecule has 1 aliphatic rings. The fourth-order valence-electron chi connectivity index (χ4n) is 2.12. The van der Waals surface area contributed by atoms with Crippen LogP contribution in [0, 0.1) is 0 Å². The molecule has 0 unspecified atom stereocenters. The van der Waals surface area contributed by atoms with Crippen LogP contribution in [0.5, 0.6) is 0 Å². The van der Waals surface area contributed by atoms with Gasteiger partial charge in [0.15, 0.2) is 0 Å². The average molecular weight is 421 g/mol. The first-order valence-electron chi connectivity index (χ1n) is 6.42. The predicted molar refractivity (Wildman–Crippen MR) is 86.7 cm³/mol. The molecule has 1 aromatic carbocycles. The van der Waals surface area contributed by atoms with Crippen molar-refractivity contribution in [2.75, 3.05) is 38.0 Å². The molecule has 0 aliphatic carbocycles. The molecule has 1 aromatic rings. The quantitative estimate of drug-likeness (QED) is 0.691. The van der Waals surface area contributed by atoms with E-state index in [1.807, 2.05) is 4.90 Å². The highest BCUT2D eigenvalue weighted by molar-refractivity contribution is 9.11. The molecule has 114 valence electrons. The molecule has 1 saturated heterocycles. The molecule has 0 bridgehead atoms. The molecule has 8 heteroatoms. The van der Waals surface area contributed by atoms with Crippen LogP contribution in [0.4, 0.5) is 5.69 Å². The van der Waals surface area contributed by atoms with Gasteiger partial charge in [0.1, 0.15) is 0 Å². The lowest BCUT2D eigenvalue weighted by Gasteiger charge is -2.26. The van der Waals surface area contributed by atoms with E-state index in [-0.39, 0.29) is 23.7 Å². The molecular weight excluding hydrogens is 406 g/mol. The van der Waals surface area contributed by atoms with Gasteiger partial charge in [-0.2, -0.15) is 0 Å². The van der Waals surface area contributed by atoms with E-state index in [0.717, 1.165) is 26.2 Å². The third-order valence-electron chi connectivity index (χ3n) is 3.13. The smallest absolute Gasteiger partial charge is 0.337 e. The lowest BCUT2D eigenvalue weighted by Crippen LogP contribution is -2.46. The van der Waals surface area contributed by atoms with Gasteiger partial charge in [-0.1, -0.05) is 15.9 Å². The highest BCUT2D eigenvalue weighted by Crippen LogP contribution is 2.30. The molecule has 0 aromatic heterocycles. The first-order chi connectivity index (χ1) is 9.97. The zero-order chi connectivity index (χ0) is 15.4. The topological polar surface area (TPSA) is 81.7 Å². The Morgan fingerprint density at radius 2 is 1.95 bits per heavy atom. The van der Waals surface area contributed by atoms with Crippen molar-refractivity contribution in [1.82, 2.24) is 10.2 Å². The molecule has 0 radical (unpaired) electrons. The number of carboxylic acid groups (broad SMARTS) is 1. The summed E-state index contributed by atoms with van der Waals surface area (Å²) in [6.45, 7) is 3.58. The monoisotopic (exact) mass is 419 g/mol. The van der Waals surface area contributed by atoms with Crippen LogP contribution in [0.1, 0.15) is 10.4 Å². The van der Waals surface area contributed by atoms with Crippen LogP contribution in [-0.4, -0.2) is 54.6 Å². The van der Waals surface area contributed by atoms with Crippen molar-refractivity contribution in [3.8, 4) is 0 Å². The molecule has 6 nitrogen and oxygen atoms in total. The standard InChI is InChI=1S/C13H15Br2N3O3/c14-8-5-9(13(20)21)12(10(15)6-8)17-11(19)7-18-3-1-16-2-4-18/h5-6,16H,1-4,7H2,(H,17,19)(H,20,21). The van der Waals surface area contributed by atoms with Gasteiger partial charge in [-0.15, -0.1) is 0 Å². The number of carbonyl (C=O) groups excluding carboxylic acids is 1. The number of aromatic carboxylic acids is 1.